The molecule has 3 aromatic rings. The van der Waals surface area contributed by atoms with Gasteiger partial charge in [-0.15, -0.1) is 0 Å². The van der Waals surface area contributed by atoms with Crippen molar-refractivity contribution in [3.63, 3.8) is 0 Å². The third kappa shape index (κ3) is 8.49. The molecule has 0 bridgehead atoms. The summed E-state index contributed by atoms with van der Waals surface area (Å²) in [7, 11) is 7.41. The maximum absolute atomic E-state index is 12.9. The van der Waals surface area contributed by atoms with E-state index in [1.54, 1.807) is 43.2 Å². The second-order valence-corrected chi connectivity index (χ2v) is 8.39. The highest BCUT2D eigenvalue weighted by atomic mass is 16.5. The first-order chi connectivity index (χ1) is 16.8. The van der Waals surface area contributed by atoms with Crippen molar-refractivity contribution >= 4 is 11.7 Å². The van der Waals surface area contributed by atoms with Crippen molar-refractivity contribution in [3.8, 4) is 23.3 Å². The summed E-state index contributed by atoms with van der Waals surface area (Å²) in [5.74, 6) is 7.77. The highest BCUT2D eigenvalue weighted by Gasteiger charge is 2.12. The molecule has 8 nitrogen and oxygen atoms in total. The number of anilines is 1. The quantitative estimate of drug-likeness (QED) is 0.452. The molecule has 0 aliphatic carbocycles. The van der Waals surface area contributed by atoms with Crippen LogP contribution in [0.3, 0.4) is 0 Å². The Bertz CT molecular complexity index is 1190. The SMILES string of the molecule is COC[C@H](C)Oc1cc(C#Cc2cccc(OCCN(C)C)c2)cc(C(=O)Nc2ccn(C)n2)c1. The van der Waals surface area contributed by atoms with Crippen LogP contribution in [-0.2, 0) is 11.8 Å². The molecule has 3 rings (SSSR count). The normalized spacial score (nSPS) is 11.5. The number of ether oxygens (including phenoxy) is 3. The summed E-state index contributed by atoms with van der Waals surface area (Å²) in [5.41, 5.74) is 1.88. The molecule has 1 N–H and O–H groups in total. The highest BCUT2D eigenvalue weighted by Crippen LogP contribution is 2.20. The number of methoxy groups -OCH3 is 1. The lowest BCUT2D eigenvalue weighted by molar-refractivity contribution is 0.0917. The number of rotatable bonds is 10. The number of carbonyl (C=O) groups excluding carboxylic acids is 1. The van der Waals surface area contributed by atoms with Crippen molar-refractivity contribution in [1.82, 2.24) is 14.7 Å². The van der Waals surface area contributed by atoms with Crippen molar-refractivity contribution in [1.29, 1.82) is 0 Å². The van der Waals surface area contributed by atoms with Crippen LogP contribution in [0, 0.1) is 11.8 Å². The van der Waals surface area contributed by atoms with Gasteiger partial charge in [-0.05, 0) is 57.4 Å². The van der Waals surface area contributed by atoms with Crippen LogP contribution in [0.25, 0.3) is 0 Å². The van der Waals surface area contributed by atoms with Crippen LogP contribution in [0.15, 0.2) is 54.7 Å². The van der Waals surface area contributed by atoms with E-state index >= 15 is 0 Å². The van der Waals surface area contributed by atoms with E-state index in [1.165, 1.54) is 0 Å². The van der Waals surface area contributed by atoms with Gasteiger partial charge in [-0.3, -0.25) is 9.48 Å². The first-order valence-electron chi connectivity index (χ1n) is 11.3. The van der Waals surface area contributed by atoms with E-state index in [0.717, 1.165) is 17.9 Å². The van der Waals surface area contributed by atoms with Crippen LogP contribution in [0.1, 0.15) is 28.4 Å². The molecule has 0 saturated heterocycles. The summed E-state index contributed by atoms with van der Waals surface area (Å²) in [6.07, 6.45) is 1.57. The summed E-state index contributed by atoms with van der Waals surface area (Å²) >= 11 is 0. The fraction of sp³-hybridized carbons (Fsp3) is 0.333. The molecule has 0 saturated carbocycles. The Morgan fingerprint density at radius 1 is 1.11 bits per heavy atom. The number of likely N-dealkylation sites (N-methyl/N-ethyl adjacent to an activating group) is 1. The van der Waals surface area contributed by atoms with Gasteiger partial charge in [0.1, 0.15) is 24.2 Å². The average Bonchev–Trinajstić information content (AvgIpc) is 3.22. The number of carbonyl (C=O) groups is 1. The minimum absolute atomic E-state index is 0.189. The molecule has 0 fully saturated rings. The predicted octanol–water partition coefficient (Wildman–Crippen LogP) is 3.43. The van der Waals surface area contributed by atoms with E-state index in [1.807, 2.05) is 51.4 Å². The Balaban J connectivity index is 1.83. The number of benzene rings is 2. The maximum atomic E-state index is 12.9. The van der Waals surface area contributed by atoms with Crippen molar-refractivity contribution < 1.29 is 19.0 Å². The van der Waals surface area contributed by atoms with Crippen LogP contribution in [0.5, 0.6) is 11.5 Å². The standard InChI is InChI=1S/C27H32N4O4/c1-20(19-33-5)35-25-17-22(15-23(18-25)27(32)28-26-11-12-31(4)29-26)10-9-21-7-6-8-24(16-21)34-14-13-30(2)3/h6-8,11-12,15-18,20H,13-14,19H2,1-5H3,(H,28,29,32)/t20-/m0/s1. The molecule has 1 heterocycles. The van der Waals surface area contributed by atoms with Gasteiger partial charge in [0, 0.05) is 49.7 Å². The smallest absolute Gasteiger partial charge is 0.257 e. The van der Waals surface area contributed by atoms with Crippen LogP contribution in [-0.4, -0.2) is 67.7 Å². The minimum atomic E-state index is -0.298. The molecule has 0 unspecified atom stereocenters. The molecule has 8 heteroatoms. The summed E-state index contributed by atoms with van der Waals surface area (Å²) in [6, 6.07) is 14.6. The summed E-state index contributed by atoms with van der Waals surface area (Å²) in [6.45, 7) is 3.74. The maximum Gasteiger partial charge on any atom is 0.257 e. The molecule has 1 amide bonds. The molecule has 0 spiro atoms. The van der Waals surface area contributed by atoms with E-state index in [2.05, 4.69) is 27.2 Å². The minimum Gasteiger partial charge on any atom is -0.492 e. The Morgan fingerprint density at radius 3 is 2.60 bits per heavy atom. The van der Waals surface area contributed by atoms with E-state index in [9.17, 15) is 4.79 Å². The van der Waals surface area contributed by atoms with Crippen molar-refractivity contribution in [3.05, 3.63) is 71.4 Å². The van der Waals surface area contributed by atoms with Crippen molar-refractivity contribution in [2.45, 2.75) is 13.0 Å². The number of nitrogens with zero attached hydrogens (tertiary/aromatic N) is 3. The van der Waals surface area contributed by atoms with Gasteiger partial charge in [-0.1, -0.05) is 17.9 Å². The Hall–Kier alpha value is -3.80. The molecule has 0 aliphatic rings. The van der Waals surface area contributed by atoms with E-state index in [-0.39, 0.29) is 12.0 Å². The third-order valence-electron chi connectivity index (χ3n) is 4.86. The van der Waals surface area contributed by atoms with Crippen LogP contribution >= 0.6 is 0 Å². The lowest BCUT2D eigenvalue weighted by Crippen LogP contribution is -2.19. The summed E-state index contributed by atoms with van der Waals surface area (Å²) < 4.78 is 18.5. The fourth-order valence-electron chi connectivity index (χ4n) is 3.20. The van der Waals surface area contributed by atoms with Gasteiger partial charge in [0.2, 0.25) is 0 Å². The Morgan fingerprint density at radius 2 is 1.89 bits per heavy atom. The third-order valence-corrected chi connectivity index (χ3v) is 4.86. The first kappa shape index (κ1) is 25.8. The highest BCUT2D eigenvalue weighted by molar-refractivity contribution is 6.04. The Kier molecular flexibility index (Phi) is 9.30. The number of hydrogen-bond donors (Lipinski definition) is 1. The Labute approximate surface area is 206 Å². The van der Waals surface area contributed by atoms with Gasteiger partial charge in [0.15, 0.2) is 5.82 Å². The molecule has 0 radical (unpaired) electrons. The van der Waals surface area contributed by atoms with Crippen molar-refractivity contribution in [2.24, 2.45) is 7.05 Å². The van der Waals surface area contributed by atoms with Crippen LogP contribution < -0.4 is 14.8 Å². The zero-order valence-corrected chi connectivity index (χ0v) is 20.9. The second-order valence-electron chi connectivity index (χ2n) is 8.39. The van der Waals surface area contributed by atoms with Crippen LogP contribution in [0.2, 0.25) is 0 Å². The van der Waals surface area contributed by atoms with Gasteiger partial charge in [-0.25, -0.2) is 0 Å². The fourth-order valence-corrected chi connectivity index (χ4v) is 3.20. The molecular formula is C27H32N4O4. The monoisotopic (exact) mass is 476 g/mol. The first-order valence-corrected chi connectivity index (χ1v) is 11.3. The van der Waals surface area contributed by atoms with Gasteiger partial charge in [0.05, 0.1) is 6.61 Å². The molecule has 184 valence electrons. The van der Waals surface area contributed by atoms with Gasteiger partial charge >= 0.3 is 0 Å². The molecule has 2 aromatic carbocycles. The van der Waals surface area contributed by atoms with Gasteiger partial charge < -0.3 is 24.4 Å². The lowest BCUT2D eigenvalue weighted by Gasteiger charge is -2.15. The average molecular weight is 477 g/mol. The molecule has 0 aliphatic heterocycles. The van der Waals surface area contributed by atoms with E-state index in [0.29, 0.717) is 35.9 Å². The van der Waals surface area contributed by atoms with Crippen LogP contribution in [0.4, 0.5) is 5.82 Å². The van der Waals surface area contributed by atoms with E-state index in [4.69, 9.17) is 14.2 Å². The molecule has 1 atom stereocenters. The topological polar surface area (TPSA) is 77.9 Å². The number of amides is 1. The molecular weight excluding hydrogens is 444 g/mol. The summed E-state index contributed by atoms with van der Waals surface area (Å²) in [4.78, 5) is 15.0. The zero-order chi connectivity index (χ0) is 25.2. The van der Waals surface area contributed by atoms with Crippen molar-refractivity contribution in [2.75, 3.05) is 46.3 Å². The number of hydrogen-bond acceptors (Lipinski definition) is 6. The number of nitrogens with one attached hydrogen (secondary N) is 1. The lowest BCUT2D eigenvalue weighted by atomic mass is 10.1. The zero-order valence-electron chi connectivity index (χ0n) is 20.9. The number of aromatic nitrogens is 2. The van der Waals surface area contributed by atoms with E-state index < -0.39 is 0 Å². The largest absolute Gasteiger partial charge is 0.492 e. The van der Waals surface area contributed by atoms with Gasteiger partial charge in [-0.2, -0.15) is 5.10 Å². The molecule has 35 heavy (non-hydrogen) atoms. The second kappa shape index (κ2) is 12.6. The number of aryl methyl sites for hydroxylation is 1. The molecule has 1 aromatic heterocycles. The predicted molar refractivity (Wildman–Crippen MR) is 136 cm³/mol. The summed E-state index contributed by atoms with van der Waals surface area (Å²) in [5, 5.41) is 7.00. The van der Waals surface area contributed by atoms with Gasteiger partial charge in [0.25, 0.3) is 5.91 Å².